The summed E-state index contributed by atoms with van der Waals surface area (Å²) in [5.74, 6) is 0.0545. The Kier molecular flexibility index (Phi) is 3.58. The van der Waals surface area contributed by atoms with Crippen molar-refractivity contribution in [3.05, 3.63) is 23.5 Å². The summed E-state index contributed by atoms with van der Waals surface area (Å²) in [5.41, 5.74) is 0.962. The molecular formula is C16H24N2O3. The first-order valence-corrected chi connectivity index (χ1v) is 7.62. The quantitative estimate of drug-likeness (QED) is 0.862. The summed E-state index contributed by atoms with van der Waals surface area (Å²) < 4.78 is 11.9. The van der Waals surface area contributed by atoms with Crippen molar-refractivity contribution in [3.8, 4) is 0 Å². The van der Waals surface area contributed by atoms with Crippen LogP contribution in [0.3, 0.4) is 0 Å². The highest BCUT2D eigenvalue weighted by atomic mass is 16.6. The van der Waals surface area contributed by atoms with E-state index in [-0.39, 0.29) is 17.1 Å². The van der Waals surface area contributed by atoms with E-state index in [1.54, 1.807) is 0 Å². The fourth-order valence-electron chi connectivity index (χ4n) is 3.53. The van der Waals surface area contributed by atoms with Crippen LogP contribution in [-0.4, -0.2) is 53.3 Å². The Labute approximate surface area is 125 Å². The van der Waals surface area contributed by atoms with Crippen LogP contribution in [0.1, 0.15) is 42.7 Å². The highest BCUT2D eigenvalue weighted by molar-refractivity contribution is 5.94. The number of aryl methyl sites for hydroxylation is 1. The number of morpholine rings is 1. The van der Waals surface area contributed by atoms with Gasteiger partial charge in [0.1, 0.15) is 11.3 Å². The summed E-state index contributed by atoms with van der Waals surface area (Å²) in [6.07, 6.45) is 3.75. The maximum atomic E-state index is 12.8. The van der Waals surface area contributed by atoms with Crippen LogP contribution in [0.5, 0.6) is 0 Å². The lowest BCUT2D eigenvalue weighted by molar-refractivity contribution is -0.225. The van der Waals surface area contributed by atoms with Crippen molar-refractivity contribution in [3.63, 3.8) is 0 Å². The number of H-pyrrole nitrogens is 1. The molecule has 1 spiro atoms. The van der Waals surface area contributed by atoms with Crippen LogP contribution in [0.2, 0.25) is 0 Å². The molecule has 5 nitrogen and oxygen atoms in total. The minimum Gasteiger partial charge on any atom is -0.378 e. The van der Waals surface area contributed by atoms with Gasteiger partial charge in [-0.3, -0.25) is 4.79 Å². The molecule has 1 atom stereocenters. The van der Waals surface area contributed by atoms with E-state index in [2.05, 4.69) is 4.98 Å². The van der Waals surface area contributed by atoms with Crippen molar-refractivity contribution < 1.29 is 14.3 Å². The molecule has 2 aliphatic heterocycles. The van der Waals surface area contributed by atoms with Crippen molar-refractivity contribution >= 4 is 5.91 Å². The van der Waals surface area contributed by atoms with Crippen molar-refractivity contribution in [2.75, 3.05) is 26.3 Å². The molecule has 3 heterocycles. The molecule has 0 bridgehead atoms. The minimum atomic E-state index is -0.352. The number of rotatable bonds is 1. The van der Waals surface area contributed by atoms with Crippen LogP contribution < -0.4 is 0 Å². The van der Waals surface area contributed by atoms with Gasteiger partial charge in [-0.15, -0.1) is 0 Å². The zero-order valence-electron chi connectivity index (χ0n) is 13.1. The summed E-state index contributed by atoms with van der Waals surface area (Å²) >= 11 is 0. The smallest absolute Gasteiger partial charge is 0.270 e. The van der Waals surface area contributed by atoms with Gasteiger partial charge in [-0.2, -0.15) is 0 Å². The lowest BCUT2D eigenvalue weighted by Gasteiger charge is -2.51. The number of hydrogen-bond acceptors (Lipinski definition) is 3. The van der Waals surface area contributed by atoms with E-state index in [0.717, 1.165) is 25.0 Å². The van der Waals surface area contributed by atoms with Gasteiger partial charge in [-0.1, -0.05) is 0 Å². The van der Waals surface area contributed by atoms with Crippen molar-refractivity contribution in [2.45, 2.75) is 44.8 Å². The van der Waals surface area contributed by atoms with E-state index in [1.807, 2.05) is 37.9 Å². The number of aromatic amines is 1. The molecule has 2 fully saturated rings. The predicted molar refractivity (Wildman–Crippen MR) is 79.4 cm³/mol. The molecule has 2 saturated heterocycles. The summed E-state index contributed by atoms with van der Waals surface area (Å²) in [7, 11) is 0. The van der Waals surface area contributed by atoms with E-state index < -0.39 is 0 Å². The van der Waals surface area contributed by atoms with E-state index in [4.69, 9.17) is 9.47 Å². The van der Waals surface area contributed by atoms with Gasteiger partial charge >= 0.3 is 0 Å². The standard InChI is InChI=1S/C16H24N2O3/c1-12-5-7-17-13(12)14(19)18-9-15(2,3)21-16(10-18)6-4-8-20-11-16/h5,7,17H,4,6,8-11H2,1-3H3. The maximum Gasteiger partial charge on any atom is 0.270 e. The lowest BCUT2D eigenvalue weighted by Crippen LogP contribution is -2.63. The third-order valence-electron chi connectivity index (χ3n) is 4.29. The molecule has 21 heavy (non-hydrogen) atoms. The zero-order valence-corrected chi connectivity index (χ0v) is 13.1. The van der Waals surface area contributed by atoms with Gasteiger partial charge < -0.3 is 19.4 Å². The Morgan fingerprint density at radius 3 is 2.81 bits per heavy atom. The van der Waals surface area contributed by atoms with Crippen LogP contribution in [0.25, 0.3) is 0 Å². The van der Waals surface area contributed by atoms with Gasteiger partial charge in [0, 0.05) is 19.3 Å². The Morgan fingerprint density at radius 1 is 1.38 bits per heavy atom. The predicted octanol–water partition coefficient (Wildman–Crippen LogP) is 2.12. The molecule has 116 valence electrons. The second-order valence-corrected chi connectivity index (χ2v) is 6.90. The second kappa shape index (κ2) is 5.14. The number of hydrogen-bond donors (Lipinski definition) is 1. The number of amides is 1. The minimum absolute atomic E-state index is 0.0545. The van der Waals surface area contributed by atoms with Crippen LogP contribution in [-0.2, 0) is 9.47 Å². The van der Waals surface area contributed by atoms with Gasteiger partial charge in [-0.25, -0.2) is 0 Å². The monoisotopic (exact) mass is 292 g/mol. The number of carbonyl (C=O) groups excluding carboxylic acids is 1. The Hall–Kier alpha value is -1.33. The molecule has 0 aromatic carbocycles. The number of ether oxygens (including phenoxy) is 2. The maximum absolute atomic E-state index is 12.8. The second-order valence-electron chi connectivity index (χ2n) is 6.90. The average molecular weight is 292 g/mol. The fourth-order valence-corrected chi connectivity index (χ4v) is 3.53. The normalized spacial score (nSPS) is 28.8. The van der Waals surface area contributed by atoms with E-state index >= 15 is 0 Å². The topological polar surface area (TPSA) is 54.6 Å². The molecule has 1 amide bonds. The van der Waals surface area contributed by atoms with Crippen LogP contribution in [0, 0.1) is 6.92 Å². The van der Waals surface area contributed by atoms with E-state index in [1.165, 1.54) is 0 Å². The molecule has 0 saturated carbocycles. The summed E-state index contributed by atoms with van der Waals surface area (Å²) in [6, 6.07) is 1.93. The Bertz CT molecular complexity index is 529. The van der Waals surface area contributed by atoms with Crippen LogP contribution in [0.4, 0.5) is 0 Å². The van der Waals surface area contributed by atoms with Crippen LogP contribution >= 0.6 is 0 Å². The molecular weight excluding hydrogens is 268 g/mol. The van der Waals surface area contributed by atoms with Crippen LogP contribution in [0.15, 0.2) is 12.3 Å². The van der Waals surface area contributed by atoms with Gasteiger partial charge in [-0.05, 0) is 45.2 Å². The molecule has 1 unspecified atom stereocenters. The molecule has 1 aromatic heterocycles. The summed E-state index contributed by atoms with van der Waals surface area (Å²) in [6.45, 7) is 8.61. The Morgan fingerprint density at radius 2 is 2.19 bits per heavy atom. The average Bonchev–Trinajstić information content (AvgIpc) is 2.83. The first kappa shape index (κ1) is 14.6. The fraction of sp³-hybridized carbons (Fsp3) is 0.688. The van der Waals surface area contributed by atoms with Gasteiger partial charge in [0.2, 0.25) is 0 Å². The SMILES string of the molecule is Cc1cc[nH]c1C(=O)N1CC(C)(C)OC2(CCCOC2)C1. The van der Waals surface area contributed by atoms with Crippen molar-refractivity contribution in [1.29, 1.82) is 0 Å². The van der Waals surface area contributed by atoms with Gasteiger partial charge in [0.15, 0.2) is 0 Å². The van der Waals surface area contributed by atoms with E-state index in [9.17, 15) is 4.79 Å². The first-order chi connectivity index (χ1) is 9.91. The van der Waals surface area contributed by atoms with Crippen molar-refractivity contribution in [2.24, 2.45) is 0 Å². The molecule has 0 aliphatic carbocycles. The molecule has 3 rings (SSSR count). The third-order valence-corrected chi connectivity index (χ3v) is 4.29. The summed E-state index contributed by atoms with van der Waals surface area (Å²) in [5, 5.41) is 0. The number of nitrogens with one attached hydrogen (secondary N) is 1. The number of nitrogens with zero attached hydrogens (tertiary/aromatic N) is 1. The summed E-state index contributed by atoms with van der Waals surface area (Å²) in [4.78, 5) is 17.8. The Balaban J connectivity index is 1.85. The first-order valence-electron chi connectivity index (χ1n) is 7.62. The molecule has 1 aromatic rings. The van der Waals surface area contributed by atoms with E-state index in [0.29, 0.717) is 25.4 Å². The number of carbonyl (C=O) groups is 1. The lowest BCUT2D eigenvalue weighted by atomic mass is 9.90. The van der Waals surface area contributed by atoms with Gasteiger partial charge in [0.25, 0.3) is 5.91 Å². The van der Waals surface area contributed by atoms with Crippen molar-refractivity contribution in [1.82, 2.24) is 9.88 Å². The highest BCUT2D eigenvalue weighted by Crippen LogP contribution is 2.35. The van der Waals surface area contributed by atoms with Gasteiger partial charge in [0.05, 0.1) is 18.8 Å². The largest absolute Gasteiger partial charge is 0.378 e. The number of aromatic nitrogens is 1. The molecule has 2 aliphatic rings. The zero-order chi connectivity index (χ0) is 15.1. The highest BCUT2D eigenvalue weighted by Gasteiger charge is 2.47. The third kappa shape index (κ3) is 2.85. The molecule has 5 heteroatoms. The molecule has 1 N–H and O–H groups in total. The molecule has 0 radical (unpaired) electrons.